The average molecular weight is 375 g/mol. The van der Waals surface area contributed by atoms with Crippen LogP contribution < -0.4 is 0 Å². The topological polar surface area (TPSA) is 0 Å². The lowest BCUT2D eigenvalue weighted by atomic mass is 9.65. The van der Waals surface area contributed by atoms with Gasteiger partial charge >= 0.3 is 6.18 Å². The maximum absolute atomic E-state index is 13.8. The Morgan fingerprint density at radius 1 is 0.654 bits per heavy atom. The van der Waals surface area contributed by atoms with Crippen LogP contribution >= 0.6 is 0 Å². The van der Waals surface area contributed by atoms with Gasteiger partial charge in [0, 0.05) is 5.92 Å². The number of rotatable bonds is 3. The molecule has 0 atom stereocenters. The molecular formula is C22H34F4. The second kappa shape index (κ2) is 8.65. The zero-order chi connectivity index (χ0) is 18.7. The lowest BCUT2D eigenvalue weighted by Crippen LogP contribution is -2.29. The molecule has 0 heterocycles. The van der Waals surface area contributed by atoms with Gasteiger partial charge in [-0.15, -0.1) is 0 Å². The molecule has 3 saturated carbocycles. The lowest BCUT2D eigenvalue weighted by molar-refractivity contribution is -0.0821. The largest absolute Gasteiger partial charge is 0.412 e. The standard InChI is InChI=1S/C22H34F4/c1-15-2-4-16(5-3-15)17-6-8-18(9-7-17)19-10-12-20(13-11-19)21(23)14-22(24,25)26/h14-20H,2-13H2,1H3/b21-14-. The van der Waals surface area contributed by atoms with Crippen molar-refractivity contribution in [2.24, 2.45) is 35.5 Å². The van der Waals surface area contributed by atoms with Crippen LogP contribution in [0.5, 0.6) is 0 Å². The van der Waals surface area contributed by atoms with Crippen molar-refractivity contribution < 1.29 is 17.6 Å². The minimum absolute atomic E-state index is 0.131. The fourth-order valence-corrected chi connectivity index (χ4v) is 5.99. The maximum Gasteiger partial charge on any atom is 0.412 e. The van der Waals surface area contributed by atoms with E-state index in [0.717, 1.165) is 36.5 Å². The molecule has 0 aromatic rings. The van der Waals surface area contributed by atoms with Crippen LogP contribution in [0.25, 0.3) is 0 Å². The molecule has 0 nitrogen and oxygen atoms in total. The highest BCUT2D eigenvalue weighted by Gasteiger charge is 2.35. The second-order valence-corrected chi connectivity index (χ2v) is 9.38. The lowest BCUT2D eigenvalue weighted by Gasteiger charge is -2.41. The number of allylic oxidation sites excluding steroid dienone is 2. The SMILES string of the molecule is CC1CCC(C2CCC(C3CCC(/C(F)=C/C(F)(F)F)CC3)CC2)CC1. The van der Waals surface area contributed by atoms with Crippen molar-refractivity contribution in [2.75, 3.05) is 0 Å². The van der Waals surface area contributed by atoms with Gasteiger partial charge in [-0.2, -0.15) is 13.2 Å². The van der Waals surface area contributed by atoms with Crippen molar-refractivity contribution in [1.29, 1.82) is 0 Å². The van der Waals surface area contributed by atoms with Gasteiger partial charge in [0.25, 0.3) is 0 Å². The van der Waals surface area contributed by atoms with E-state index in [2.05, 4.69) is 6.92 Å². The van der Waals surface area contributed by atoms with Crippen LogP contribution in [-0.4, -0.2) is 6.18 Å². The molecule has 0 radical (unpaired) electrons. The highest BCUT2D eigenvalue weighted by atomic mass is 19.4. The molecule has 3 fully saturated rings. The monoisotopic (exact) mass is 374 g/mol. The smallest absolute Gasteiger partial charge is 0.212 e. The summed E-state index contributed by atoms with van der Waals surface area (Å²) in [5, 5.41) is 0. The second-order valence-electron chi connectivity index (χ2n) is 9.38. The summed E-state index contributed by atoms with van der Waals surface area (Å²) >= 11 is 0. The normalized spacial score (nSPS) is 40.4. The van der Waals surface area contributed by atoms with Crippen LogP contribution in [0.2, 0.25) is 0 Å². The predicted octanol–water partition coefficient (Wildman–Crippen LogP) is 7.84. The van der Waals surface area contributed by atoms with Crippen molar-refractivity contribution in [3.05, 3.63) is 11.9 Å². The van der Waals surface area contributed by atoms with Gasteiger partial charge in [0.15, 0.2) is 0 Å². The van der Waals surface area contributed by atoms with Crippen molar-refractivity contribution in [1.82, 2.24) is 0 Å². The molecule has 3 aliphatic rings. The van der Waals surface area contributed by atoms with Crippen LogP contribution in [0.15, 0.2) is 11.9 Å². The Hall–Kier alpha value is -0.540. The Kier molecular flexibility index (Phi) is 6.72. The van der Waals surface area contributed by atoms with Crippen LogP contribution in [0, 0.1) is 35.5 Å². The van der Waals surface area contributed by atoms with Crippen LogP contribution in [-0.2, 0) is 0 Å². The first kappa shape index (κ1) is 20.2. The van der Waals surface area contributed by atoms with Gasteiger partial charge < -0.3 is 0 Å². The maximum atomic E-state index is 13.8. The summed E-state index contributed by atoms with van der Waals surface area (Å²) in [6, 6.07) is 0. The molecule has 3 aliphatic carbocycles. The van der Waals surface area contributed by atoms with Crippen molar-refractivity contribution >= 4 is 0 Å². The first-order valence-electron chi connectivity index (χ1n) is 10.8. The summed E-state index contributed by atoms with van der Waals surface area (Å²) in [5.74, 6) is 2.62. The molecule has 0 N–H and O–H groups in total. The molecule has 3 rings (SSSR count). The first-order valence-corrected chi connectivity index (χ1v) is 10.8. The fraction of sp³-hybridized carbons (Fsp3) is 0.909. The zero-order valence-corrected chi connectivity index (χ0v) is 16.0. The quantitative estimate of drug-likeness (QED) is 0.441. The molecule has 0 saturated heterocycles. The minimum Gasteiger partial charge on any atom is -0.212 e. The molecule has 0 aliphatic heterocycles. The minimum atomic E-state index is -4.53. The van der Waals surface area contributed by atoms with E-state index in [9.17, 15) is 17.6 Å². The molecule has 26 heavy (non-hydrogen) atoms. The van der Waals surface area contributed by atoms with E-state index in [1.807, 2.05) is 0 Å². The van der Waals surface area contributed by atoms with Crippen LogP contribution in [0.1, 0.15) is 84.0 Å². The molecule has 0 bridgehead atoms. The Bertz CT molecular complexity index is 457. The van der Waals surface area contributed by atoms with Crippen LogP contribution in [0.4, 0.5) is 17.6 Å². The van der Waals surface area contributed by atoms with E-state index >= 15 is 0 Å². The van der Waals surface area contributed by atoms with E-state index in [1.165, 1.54) is 51.4 Å². The molecule has 0 unspecified atom stereocenters. The fourth-order valence-electron chi connectivity index (χ4n) is 5.99. The van der Waals surface area contributed by atoms with Crippen molar-refractivity contribution in [2.45, 2.75) is 90.1 Å². The zero-order valence-electron chi connectivity index (χ0n) is 16.0. The van der Waals surface area contributed by atoms with Gasteiger partial charge in [0.1, 0.15) is 5.83 Å². The number of hydrogen-bond acceptors (Lipinski definition) is 0. The molecule has 0 aromatic heterocycles. The van der Waals surface area contributed by atoms with Crippen molar-refractivity contribution in [3.63, 3.8) is 0 Å². The highest BCUT2D eigenvalue weighted by molar-refractivity contribution is 5.03. The number of alkyl halides is 3. The van der Waals surface area contributed by atoms with E-state index < -0.39 is 17.9 Å². The number of hydrogen-bond donors (Lipinski definition) is 0. The summed E-state index contributed by atoms with van der Waals surface area (Å²) in [6.07, 6.45) is 9.17. The van der Waals surface area contributed by atoms with E-state index in [4.69, 9.17) is 0 Å². The van der Waals surface area contributed by atoms with Gasteiger partial charge in [0.05, 0.1) is 6.08 Å². The summed E-state index contributed by atoms with van der Waals surface area (Å²) in [7, 11) is 0. The third-order valence-corrected chi connectivity index (χ3v) is 7.67. The molecule has 0 aromatic carbocycles. The third-order valence-electron chi connectivity index (χ3n) is 7.67. The molecule has 4 heteroatoms. The van der Waals surface area contributed by atoms with E-state index in [1.54, 1.807) is 0 Å². The summed E-state index contributed by atoms with van der Waals surface area (Å²) in [5.41, 5.74) is 0. The molecule has 0 amide bonds. The summed E-state index contributed by atoms with van der Waals surface area (Å²) in [4.78, 5) is 0. The predicted molar refractivity (Wildman–Crippen MR) is 97.3 cm³/mol. The van der Waals surface area contributed by atoms with Gasteiger partial charge in [-0.1, -0.05) is 19.8 Å². The average Bonchev–Trinajstić information content (AvgIpc) is 2.61. The molecular weight excluding hydrogens is 340 g/mol. The van der Waals surface area contributed by atoms with Gasteiger partial charge in [-0.25, -0.2) is 4.39 Å². The number of halogens is 4. The van der Waals surface area contributed by atoms with Gasteiger partial charge in [0.2, 0.25) is 0 Å². The van der Waals surface area contributed by atoms with Gasteiger partial charge in [-0.05, 0) is 93.8 Å². The summed E-state index contributed by atoms with van der Waals surface area (Å²) < 4.78 is 50.8. The molecule has 0 spiro atoms. The first-order chi connectivity index (χ1) is 12.3. The molecule has 150 valence electrons. The Morgan fingerprint density at radius 2 is 1.00 bits per heavy atom. The van der Waals surface area contributed by atoms with Crippen LogP contribution in [0.3, 0.4) is 0 Å². The van der Waals surface area contributed by atoms with Crippen molar-refractivity contribution in [3.8, 4) is 0 Å². The van der Waals surface area contributed by atoms with E-state index in [0.29, 0.717) is 18.8 Å². The van der Waals surface area contributed by atoms with E-state index in [-0.39, 0.29) is 6.08 Å². The van der Waals surface area contributed by atoms with Gasteiger partial charge in [-0.3, -0.25) is 0 Å². The third kappa shape index (κ3) is 5.48. The Labute approximate surface area is 155 Å². The summed E-state index contributed by atoms with van der Waals surface area (Å²) in [6.45, 7) is 2.37. The highest BCUT2D eigenvalue weighted by Crippen LogP contribution is 2.46. The Balaban J connectivity index is 1.42. The Morgan fingerprint density at radius 3 is 1.38 bits per heavy atom.